The first-order chi connectivity index (χ1) is 11.5. The number of hydrogen-bond acceptors (Lipinski definition) is 2. The Bertz CT molecular complexity index is 882. The molecule has 0 bridgehead atoms. The number of anilines is 2. The van der Waals surface area contributed by atoms with Gasteiger partial charge in [0.15, 0.2) is 5.43 Å². The van der Waals surface area contributed by atoms with E-state index in [1.165, 1.54) is 11.0 Å². The maximum atomic E-state index is 13.3. The van der Waals surface area contributed by atoms with Gasteiger partial charge in [0.25, 0.3) is 0 Å². The lowest BCUT2D eigenvalue weighted by molar-refractivity contribution is -0.142. The maximum absolute atomic E-state index is 13.3. The van der Waals surface area contributed by atoms with Gasteiger partial charge >= 0.3 is 12.4 Å². The van der Waals surface area contributed by atoms with Gasteiger partial charge in [-0.2, -0.15) is 26.3 Å². The van der Waals surface area contributed by atoms with E-state index in [-0.39, 0.29) is 30.3 Å². The minimum atomic E-state index is -4.97. The minimum Gasteiger partial charge on any atom is -0.345 e. The molecule has 0 radical (unpaired) electrons. The summed E-state index contributed by atoms with van der Waals surface area (Å²) in [5, 5.41) is 0. The number of H-pyrrole nitrogens is 1. The van der Waals surface area contributed by atoms with Gasteiger partial charge in [0.2, 0.25) is 0 Å². The van der Waals surface area contributed by atoms with Crippen LogP contribution in [0.5, 0.6) is 0 Å². The molecule has 134 valence electrons. The molecule has 3 rings (SSSR count). The van der Waals surface area contributed by atoms with Crippen LogP contribution in [0.15, 0.2) is 29.1 Å². The predicted molar refractivity (Wildman–Crippen MR) is 79.0 cm³/mol. The highest BCUT2D eigenvalue weighted by atomic mass is 19.4. The second-order valence-corrected chi connectivity index (χ2v) is 5.77. The van der Waals surface area contributed by atoms with Gasteiger partial charge in [-0.1, -0.05) is 0 Å². The Morgan fingerprint density at radius 1 is 1.04 bits per heavy atom. The van der Waals surface area contributed by atoms with Crippen molar-refractivity contribution >= 4 is 11.5 Å². The summed E-state index contributed by atoms with van der Waals surface area (Å²) in [6.07, 6.45) is -9.64. The Kier molecular flexibility index (Phi) is 3.85. The van der Waals surface area contributed by atoms with Crippen LogP contribution in [0.2, 0.25) is 0 Å². The molecule has 0 atom stereocenters. The fraction of sp³-hybridized carbons (Fsp3) is 0.312. The second kappa shape index (κ2) is 5.53. The molecule has 3 nitrogen and oxygen atoms in total. The molecule has 0 fully saturated rings. The third kappa shape index (κ3) is 3.10. The van der Waals surface area contributed by atoms with E-state index in [0.29, 0.717) is 17.3 Å². The average Bonchev–Trinajstić information content (AvgIpc) is 2.88. The lowest BCUT2D eigenvalue weighted by Crippen LogP contribution is -2.21. The van der Waals surface area contributed by atoms with Crippen molar-refractivity contribution in [1.29, 1.82) is 0 Å². The van der Waals surface area contributed by atoms with Crippen LogP contribution in [-0.2, 0) is 18.8 Å². The van der Waals surface area contributed by atoms with E-state index in [1.807, 2.05) is 0 Å². The lowest BCUT2D eigenvalue weighted by Gasteiger charge is -2.24. The van der Waals surface area contributed by atoms with Crippen LogP contribution in [0.1, 0.15) is 22.4 Å². The Balaban J connectivity index is 2.19. The van der Waals surface area contributed by atoms with Crippen LogP contribution in [0, 0.1) is 6.92 Å². The third-order valence-corrected chi connectivity index (χ3v) is 4.02. The lowest BCUT2D eigenvalue weighted by atomic mass is 10.1. The number of aromatic amines is 1. The van der Waals surface area contributed by atoms with Crippen LogP contribution in [-0.4, -0.2) is 11.5 Å². The van der Waals surface area contributed by atoms with Crippen LogP contribution < -0.4 is 10.3 Å². The molecule has 0 unspecified atom stereocenters. The summed E-state index contributed by atoms with van der Waals surface area (Å²) in [6.45, 7) is 1.65. The van der Waals surface area contributed by atoms with E-state index in [0.717, 1.165) is 6.07 Å². The molecule has 1 aliphatic heterocycles. The average molecular weight is 362 g/mol. The summed E-state index contributed by atoms with van der Waals surface area (Å²) >= 11 is 0. The van der Waals surface area contributed by atoms with E-state index < -0.39 is 29.2 Å². The second-order valence-electron chi connectivity index (χ2n) is 5.77. The molecular formula is C16H12F6N2O. The Hall–Kier alpha value is -2.45. The summed E-state index contributed by atoms with van der Waals surface area (Å²) < 4.78 is 78.4. The molecule has 0 aliphatic carbocycles. The zero-order valence-electron chi connectivity index (χ0n) is 12.8. The molecule has 2 heterocycles. The predicted octanol–water partition coefficient (Wildman–Crippen LogP) is 4.42. The topological polar surface area (TPSA) is 36.1 Å². The van der Waals surface area contributed by atoms with Crippen molar-refractivity contribution in [2.45, 2.75) is 25.7 Å². The fourth-order valence-electron chi connectivity index (χ4n) is 2.92. The van der Waals surface area contributed by atoms with E-state index in [9.17, 15) is 31.1 Å². The first-order valence-electron chi connectivity index (χ1n) is 7.27. The van der Waals surface area contributed by atoms with Crippen molar-refractivity contribution in [3.63, 3.8) is 0 Å². The number of hydrogen-bond donors (Lipinski definition) is 1. The van der Waals surface area contributed by atoms with Gasteiger partial charge in [-0.25, -0.2) is 0 Å². The molecule has 1 aromatic heterocycles. The first kappa shape index (κ1) is 17.4. The van der Waals surface area contributed by atoms with Gasteiger partial charge in [0.1, 0.15) is 5.82 Å². The highest BCUT2D eigenvalue weighted by Gasteiger charge is 2.40. The number of halogens is 6. The van der Waals surface area contributed by atoms with Gasteiger partial charge in [-0.3, -0.25) is 4.79 Å². The van der Waals surface area contributed by atoms with Crippen molar-refractivity contribution in [1.82, 2.24) is 4.98 Å². The van der Waals surface area contributed by atoms with Crippen molar-refractivity contribution in [2.75, 3.05) is 11.4 Å². The number of benzene rings is 1. The highest BCUT2D eigenvalue weighted by Crippen LogP contribution is 2.43. The summed E-state index contributed by atoms with van der Waals surface area (Å²) in [5.41, 5.74) is -2.72. The molecular weight excluding hydrogens is 350 g/mol. The van der Waals surface area contributed by atoms with Crippen molar-refractivity contribution < 1.29 is 26.3 Å². The van der Waals surface area contributed by atoms with Gasteiger partial charge in [-0.05, 0) is 31.5 Å². The van der Waals surface area contributed by atoms with Crippen molar-refractivity contribution in [3.8, 4) is 0 Å². The molecule has 0 amide bonds. The van der Waals surface area contributed by atoms with Crippen molar-refractivity contribution in [3.05, 3.63) is 56.9 Å². The Labute approximate surface area is 137 Å². The number of rotatable bonds is 1. The molecule has 1 aliphatic rings. The standard InChI is InChI=1S/C16H12F6N2O/c1-8-6-13(25)10-4-5-24(14(10)23-8)12-3-2-9(15(17,18)19)7-11(12)16(20,21)22/h2-3,6-7H,4-5H2,1H3,(H,23,25). The molecule has 1 aromatic carbocycles. The molecule has 9 heteroatoms. The number of alkyl halides is 6. The van der Waals surface area contributed by atoms with Crippen LogP contribution in [0.3, 0.4) is 0 Å². The van der Waals surface area contributed by atoms with Crippen molar-refractivity contribution in [2.24, 2.45) is 0 Å². The molecule has 1 N–H and O–H groups in total. The zero-order chi connectivity index (χ0) is 18.6. The smallest absolute Gasteiger partial charge is 0.345 e. The van der Waals surface area contributed by atoms with E-state index >= 15 is 0 Å². The SMILES string of the molecule is Cc1cc(=O)c2c([nH]1)N(c1ccc(C(F)(F)F)cc1C(F)(F)F)CC2. The van der Waals surface area contributed by atoms with Gasteiger partial charge in [0, 0.05) is 23.9 Å². The molecule has 25 heavy (non-hydrogen) atoms. The zero-order valence-corrected chi connectivity index (χ0v) is 12.8. The molecule has 0 saturated heterocycles. The summed E-state index contributed by atoms with van der Waals surface area (Å²) in [6, 6.07) is 2.83. The van der Waals surface area contributed by atoms with Crippen LogP contribution in [0.4, 0.5) is 37.8 Å². The number of fused-ring (bicyclic) bond motifs is 1. The van der Waals surface area contributed by atoms with Crippen LogP contribution >= 0.6 is 0 Å². The molecule has 0 saturated carbocycles. The van der Waals surface area contributed by atoms with Gasteiger partial charge < -0.3 is 9.88 Å². The Morgan fingerprint density at radius 3 is 2.32 bits per heavy atom. The van der Waals surface area contributed by atoms with Gasteiger partial charge in [-0.15, -0.1) is 0 Å². The monoisotopic (exact) mass is 362 g/mol. The van der Waals surface area contributed by atoms with E-state index in [4.69, 9.17) is 0 Å². The van der Waals surface area contributed by atoms with Gasteiger partial charge in [0.05, 0.1) is 16.8 Å². The first-order valence-corrected chi connectivity index (χ1v) is 7.27. The third-order valence-electron chi connectivity index (χ3n) is 4.02. The number of pyridine rings is 1. The number of nitrogens with one attached hydrogen (secondary N) is 1. The summed E-state index contributed by atoms with van der Waals surface area (Å²) in [4.78, 5) is 16.0. The Morgan fingerprint density at radius 2 is 1.72 bits per heavy atom. The fourth-order valence-corrected chi connectivity index (χ4v) is 2.92. The molecule has 0 spiro atoms. The molecule has 2 aromatic rings. The minimum absolute atomic E-state index is 0.0684. The summed E-state index contributed by atoms with van der Waals surface area (Å²) in [7, 11) is 0. The number of nitrogens with zero attached hydrogens (tertiary/aromatic N) is 1. The number of aromatic nitrogens is 1. The largest absolute Gasteiger partial charge is 0.418 e. The quantitative estimate of drug-likeness (QED) is 0.763. The highest BCUT2D eigenvalue weighted by molar-refractivity contribution is 5.70. The van der Waals surface area contributed by atoms with E-state index in [2.05, 4.69) is 4.98 Å². The normalized spacial score (nSPS) is 14.8. The maximum Gasteiger partial charge on any atom is 0.418 e. The van der Waals surface area contributed by atoms with Crippen LogP contribution in [0.25, 0.3) is 0 Å². The summed E-state index contributed by atoms with van der Waals surface area (Å²) in [5.74, 6) is 0.190. The number of aryl methyl sites for hydroxylation is 1. The van der Waals surface area contributed by atoms with E-state index in [1.54, 1.807) is 6.92 Å².